The van der Waals surface area contributed by atoms with Crippen molar-refractivity contribution in [1.29, 1.82) is 0 Å². The molecular weight excluding hydrogens is 270 g/mol. The summed E-state index contributed by atoms with van der Waals surface area (Å²) in [7, 11) is 0. The number of aromatic nitrogens is 3. The van der Waals surface area contributed by atoms with Gasteiger partial charge in [0.15, 0.2) is 5.76 Å². The van der Waals surface area contributed by atoms with Gasteiger partial charge in [-0.05, 0) is 13.8 Å². The number of morpholine rings is 1. The van der Waals surface area contributed by atoms with E-state index in [0.717, 1.165) is 41.9 Å². The van der Waals surface area contributed by atoms with Crippen molar-refractivity contribution in [2.75, 3.05) is 25.1 Å². The molecule has 0 amide bonds. The van der Waals surface area contributed by atoms with Crippen LogP contribution in [0.15, 0.2) is 16.7 Å². The molecule has 0 aromatic carbocycles. The molecule has 7 heteroatoms. The monoisotopic (exact) mass is 289 g/mol. The number of nitrogens with zero attached hydrogens (tertiary/aromatic N) is 3. The van der Waals surface area contributed by atoms with Gasteiger partial charge in [0.25, 0.3) is 0 Å². The molecule has 1 fully saturated rings. The molecule has 0 spiro atoms. The highest BCUT2D eigenvalue weighted by atomic mass is 16.5. The lowest BCUT2D eigenvalue weighted by Gasteiger charge is -2.23. The summed E-state index contributed by atoms with van der Waals surface area (Å²) in [4.78, 5) is 8.88. The van der Waals surface area contributed by atoms with Gasteiger partial charge in [0.2, 0.25) is 0 Å². The third kappa shape index (κ3) is 3.56. The van der Waals surface area contributed by atoms with Gasteiger partial charge in [-0.15, -0.1) is 0 Å². The fourth-order valence-electron chi connectivity index (χ4n) is 2.29. The zero-order valence-corrected chi connectivity index (χ0v) is 12.2. The molecule has 1 saturated heterocycles. The first kappa shape index (κ1) is 14.0. The average Bonchev–Trinajstić information content (AvgIpc) is 2.91. The van der Waals surface area contributed by atoms with Crippen molar-refractivity contribution < 1.29 is 9.26 Å². The average molecular weight is 289 g/mol. The minimum atomic E-state index is 0.119. The third-order valence-electron chi connectivity index (χ3n) is 3.26. The van der Waals surface area contributed by atoms with Crippen LogP contribution in [0.1, 0.15) is 29.0 Å². The van der Waals surface area contributed by atoms with Crippen molar-refractivity contribution in [3.8, 4) is 0 Å². The summed E-state index contributed by atoms with van der Waals surface area (Å²) in [5.41, 5.74) is 1.81. The smallest absolute Gasteiger partial charge is 0.156 e. The van der Waals surface area contributed by atoms with Gasteiger partial charge in [0, 0.05) is 18.7 Å². The van der Waals surface area contributed by atoms with Crippen LogP contribution >= 0.6 is 0 Å². The largest absolute Gasteiger partial charge is 0.378 e. The van der Waals surface area contributed by atoms with Crippen molar-refractivity contribution >= 4 is 5.82 Å². The van der Waals surface area contributed by atoms with Crippen LogP contribution in [-0.4, -0.2) is 34.9 Å². The first-order valence-electron chi connectivity index (χ1n) is 7.03. The molecule has 21 heavy (non-hydrogen) atoms. The molecule has 1 unspecified atom stereocenters. The van der Waals surface area contributed by atoms with Crippen LogP contribution in [0.2, 0.25) is 0 Å². The zero-order chi connectivity index (χ0) is 14.7. The van der Waals surface area contributed by atoms with E-state index in [0.29, 0.717) is 13.2 Å². The molecule has 2 aromatic rings. The maximum absolute atomic E-state index is 5.48. The van der Waals surface area contributed by atoms with Crippen molar-refractivity contribution in [1.82, 2.24) is 20.4 Å². The number of aryl methyl sites for hydroxylation is 2. The van der Waals surface area contributed by atoms with Crippen LogP contribution in [0.3, 0.4) is 0 Å². The third-order valence-corrected chi connectivity index (χ3v) is 3.26. The number of nitrogens with one attached hydrogen (secondary N) is 2. The number of hydrogen-bond acceptors (Lipinski definition) is 7. The van der Waals surface area contributed by atoms with Crippen LogP contribution in [0.5, 0.6) is 0 Å². The molecule has 3 rings (SSSR count). The summed E-state index contributed by atoms with van der Waals surface area (Å²) in [5.74, 6) is 2.29. The van der Waals surface area contributed by atoms with Crippen LogP contribution in [-0.2, 0) is 11.3 Å². The van der Waals surface area contributed by atoms with Gasteiger partial charge < -0.3 is 19.9 Å². The summed E-state index contributed by atoms with van der Waals surface area (Å²) < 4.78 is 10.7. The van der Waals surface area contributed by atoms with Gasteiger partial charge in [0.05, 0.1) is 37.2 Å². The lowest BCUT2D eigenvalue weighted by Crippen LogP contribution is -2.35. The standard InChI is InChI=1S/C14H19N5O2/c1-9-5-11(21-19-9)7-16-14-6-12(17-10(2)18-14)13-8-20-4-3-15-13/h5-6,13,15H,3-4,7-8H2,1-2H3,(H,16,17,18). The highest BCUT2D eigenvalue weighted by Crippen LogP contribution is 2.17. The Hall–Kier alpha value is -1.99. The Kier molecular flexibility index (Phi) is 4.12. The second-order valence-corrected chi connectivity index (χ2v) is 5.10. The summed E-state index contributed by atoms with van der Waals surface area (Å²) in [6.07, 6.45) is 0. The molecular formula is C14H19N5O2. The Labute approximate surface area is 123 Å². The van der Waals surface area contributed by atoms with Gasteiger partial charge >= 0.3 is 0 Å². The lowest BCUT2D eigenvalue weighted by molar-refractivity contribution is 0.0755. The van der Waals surface area contributed by atoms with E-state index in [1.54, 1.807) is 0 Å². The van der Waals surface area contributed by atoms with Gasteiger partial charge in [0.1, 0.15) is 11.6 Å². The molecule has 1 atom stereocenters. The van der Waals surface area contributed by atoms with Crippen molar-refractivity contribution in [3.05, 3.63) is 35.1 Å². The molecule has 1 aliphatic heterocycles. The van der Waals surface area contributed by atoms with E-state index >= 15 is 0 Å². The SMILES string of the molecule is Cc1cc(CNc2cc(C3COCCN3)nc(C)n2)on1. The molecule has 0 bridgehead atoms. The molecule has 7 nitrogen and oxygen atoms in total. The summed E-state index contributed by atoms with van der Waals surface area (Å²) in [5, 5.41) is 10.5. The Morgan fingerprint density at radius 2 is 2.24 bits per heavy atom. The lowest BCUT2D eigenvalue weighted by atomic mass is 10.2. The molecule has 0 radical (unpaired) electrons. The first-order chi connectivity index (χ1) is 10.2. The predicted molar refractivity (Wildman–Crippen MR) is 76.9 cm³/mol. The van der Waals surface area contributed by atoms with Gasteiger partial charge in [-0.1, -0.05) is 5.16 Å². The highest BCUT2D eigenvalue weighted by Gasteiger charge is 2.18. The van der Waals surface area contributed by atoms with Gasteiger partial charge in [-0.3, -0.25) is 0 Å². The zero-order valence-electron chi connectivity index (χ0n) is 12.2. The molecule has 1 aliphatic rings. The normalized spacial score (nSPS) is 18.7. The van der Waals surface area contributed by atoms with Crippen LogP contribution in [0.4, 0.5) is 5.82 Å². The van der Waals surface area contributed by atoms with Gasteiger partial charge in [-0.2, -0.15) is 0 Å². The number of anilines is 1. The second kappa shape index (κ2) is 6.19. The maximum Gasteiger partial charge on any atom is 0.156 e. The van der Waals surface area contributed by atoms with Gasteiger partial charge in [-0.25, -0.2) is 9.97 Å². The molecule has 0 saturated carbocycles. The molecule has 0 aliphatic carbocycles. The minimum Gasteiger partial charge on any atom is -0.378 e. The first-order valence-corrected chi connectivity index (χ1v) is 7.03. The quantitative estimate of drug-likeness (QED) is 0.878. The van der Waals surface area contributed by atoms with Crippen LogP contribution in [0, 0.1) is 13.8 Å². The Balaban J connectivity index is 1.71. The molecule has 112 valence electrons. The number of ether oxygens (including phenoxy) is 1. The maximum atomic E-state index is 5.48. The highest BCUT2D eigenvalue weighted by molar-refractivity contribution is 5.37. The second-order valence-electron chi connectivity index (χ2n) is 5.10. The van der Waals surface area contributed by atoms with E-state index in [4.69, 9.17) is 9.26 Å². The fraction of sp³-hybridized carbons (Fsp3) is 0.500. The Bertz CT molecular complexity index is 607. The van der Waals surface area contributed by atoms with E-state index in [1.807, 2.05) is 26.0 Å². The fourth-order valence-corrected chi connectivity index (χ4v) is 2.29. The van der Waals surface area contributed by atoms with Crippen LogP contribution < -0.4 is 10.6 Å². The van der Waals surface area contributed by atoms with E-state index < -0.39 is 0 Å². The van der Waals surface area contributed by atoms with E-state index in [1.165, 1.54) is 0 Å². The van der Waals surface area contributed by atoms with E-state index in [2.05, 4.69) is 25.8 Å². The van der Waals surface area contributed by atoms with E-state index in [-0.39, 0.29) is 6.04 Å². The summed E-state index contributed by atoms with van der Waals surface area (Å²) in [6, 6.07) is 3.97. The van der Waals surface area contributed by atoms with Crippen molar-refractivity contribution in [3.63, 3.8) is 0 Å². The number of rotatable bonds is 4. The molecule has 2 aromatic heterocycles. The minimum absolute atomic E-state index is 0.119. The Morgan fingerprint density at radius 3 is 2.95 bits per heavy atom. The van der Waals surface area contributed by atoms with Crippen LogP contribution in [0.25, 0.3) is 0 Å². The summed E-state index contributed by atoms with van der Waals surface area (Å²) in [6.45, 7) is 6.55. The summed E-state index contributed by atoms with van der Waals surface area (Å²) >= 11 is 0. The van der Waals surface area contributed by atoms with Crippen molar-refractivity contribution in [2.45, 2.75) is 26.4 Å². The molecule has 3 heterocycles. The number of hydrogen-bond donors (Lipinski definition) is 2. The molecule has 2 N–H and O–H groups in total. The topological polar surface area (TPSA) is 85.1 Å². The Morgan fingerprint density at radius 1 is 1.33 bits per heavy atom. The predicted octanol–water partition coefficient (Wildman–Crippen LogP) is 1.35. The van der Waals surface area contributed by atoms with E-state index in [9.17, 15) is 0 Å². The van der Waals surface area contributed by atoms with Crippen molar-refractivity contribution in [2.24, 2.45) is 0 Å².